The number of Topliss-reactive ketones (excluding diaryl/α,β-unsaturated/α-hetero) is 1. The van der Waals surface area contributed by atoms with Gasteiger partial charge in [0, 0.05) is 18.4 Å². The highest BCUT2D eigenvalue weighted by Crippen LogP contribution is 2.47. The first-order chi connectivity index (χ1) is 10.3. The summed E-state index contributed by atoms with van der Waals surface area (Å²) in [6, 6.07) is 5.67. The maximum Gasteiger partial charge on any atom is 0.205 e. The number of nitrogens with two attached hydrogens (primary N) is 1. The molecule has 5 nitrogen and oxygen atoms in total. The molecule has 1 unspecified atom stereocenters. The fourth-order valence-corrected chi connectivity index (χ4v) is 3.18. The van der Waals surface area contributed by atoms with Gasteiger partial charge in [-0.25, -0.2) is 0 Å². The average Bonchev–Trinajstić information content (AvgIpc) is 2.82. The number of hydrogen-bond acceptors (Lipinski definition) is 5. The van der Waals surface area contributed by atoms with Crippen molar-refractivity contribution in [2.24, 2.45) is 11.1 Å². The normalized spacial score (nSPS) is 23.9. The first-order valence-electron chi connectivity index (χ1n) is 7.22. The summed E-state index contributed by atoms with van der Waals surface area (Å²) in [5.74, 6) is 1.34. The summed E-state index contributed by atoms with van der Waals surface area (Å²) in [7, 11) is 0. The van der Waals surface area contributed by atoms with E-state index in [1.54, 1.807) is 6.07 Å². The molecule has 1 aromatic heterocycles. The molecule has 114 valence electrons. The highest BCUT2D eigenvalue weighted by Gasteiger charge is 2.43. The molecule has 0 aromatic carbocycles. The minimum Gasteiger partial charge on any atom is -0.465 e. The van der Waals surface area contributed by atoms with E-state index in [0.717, 1.165) is 5.76 Å². The number of carbonyl (C=O) groups excluding carboxylic acids is 1. The number of ketones is 1. The molecule has 22 heavy (non-hydrogen) atoms. The highest BCUT2D eigenvalue weighted by atomic mass is 16.5. The predicted octanol–water partition coefficient (Wildman–Crippen LogP) is 3.04. The van der Waals surface area contributed by atoms with Crippen LogP contribution in [0, 0.1) is 23.7 Å². The molecule has 2 aliphatic rings. The maximum absolute atomic E-state index is 12.7. The van der Waals surface area contributed by atoms with E-state index in [4.69, 9.17) is 14.9 Å². The molecule has 0 amide bonds. The molecule has 0 spiro atoms. The number of aryl methyl sites for hydroxylation is 1. The van der Waals surface area contributed by atoms with Crippen LogP contribution in [-0.2, 0) is 9.53 Å². The molecular weight excluding hydrogens is 280 g/mol. The summed E-state index contributed by atoms with van der Waals surface area (Å²) in [6.45, 7) is 5.86. The van der Waals surface area contributed by atoms with Gasteiger partial charge in [-0.3, -0.25) is 4.79 Å². The Morgan fingerprint density at radius 2 is 2.09 bits per heavy atom. The summed E-state index contributed by atoms with van der Waals surface area (Å²) in [6.07, 6.45) is 1.04. The fraction of sp³-hybridized carbons (Fsp3) is 0.412. The number of nitriles is 1. The van der Waals surface area contributed by atoms with Crippen molar-refractivity contribution in [2.45, 2.75) is 39.5 Å². The van der Waals surface area contributed by atoms with Crippen LogP contribution in [0.15, 0.2) is 39.3 Å². The van der Waals surface area contributed by atoms with Gasteiger partial charge in [0.25, 0.3) is 0 Å². The first-order valence-corrected chi connectivity index (χ1v) is 7.22. The van der Waals surface area contributed by atoms with Crippen LogP contribution in [0.2, 0.25) is 0 Å². The zero-order valence-corrected chi connectivity index (χ0v) is 12.9. The van der Waals surface area contributed by atoms with Crippen molar-refractivity contribution < 1.29 is 13.9 Å². The topological polar surface area (TPSA) is 89.3 Å². The lowest BCUT2D eigenvalue weighted by Crippen LogP contribution is -2.33. The third-order valence-corrected chi connectivity index (χ3v) is 4.12. The van der Waals surface area contributed by atoms with Crippen LogP contribution < -0.4 is 5.73 Å². The number of carbonyl (C=O) groups is 1. The van der Waals surface area contributed by atoms with E-state index < -0.39 is 5.92 Å². The van der Waals surface area contributed by atoms with Gasteiger partial charge in [0.15, 0.2) is 5.78 Å². The Balaban J connectivity index is 2.17. The molecular formula is C17H18N2O3. The van der Waals surface area contributed by atoms with Crippen LogP contribution in [0.4, 0.5) is 0 Å². The van der Waals surface area contributed by atoms with E-state index in [9.17, 15) is 10.1 Å². The van der Waals surface area contributed by atoms with Crippen molar-refractivity contribution in [3.05, 3.63) is 46.4 Å². The maximum atomic E-state index is 12.7. The predicted molar refractivity (Wildman–Crippen MR) is 79.1 cm³/mol. The second-order valence-electron chi connectivity index (χ2n) is 6.65. The smallest absolute Gasteiger partial charge is 0.205 e. The molecule has 1 aromatic rings. The molecule has 2 N–H and O–H groups in total. The van der Waals surface area contributed by atoms with Crippen molar-refractivity contribution in [2.75, 3.05) is 0 Å². The van der Waals surface area contributed by atoms with E-state index >= 15 is 0 Å². The largest absolute Gasteiger partial charge is 0.465 e. The van der Waals surface area contributed by atoms with Gasteiger partial charge in [0.2, 0.25) is 5.88 Å². The van der Waals surface area contributed by atoms with Crippen molar-refractivity contribution in [3.63, 3.8) is 0 Å². The van der Waals surface area contributed by atoms with Gasteiger partial charge in [0.05, 0.1) is 5.92 Å². The molecule has 0 saturated heterocycles. The minimum absolute atomic E-state index is 0.00875. The zero-order valence-electron chi connectivity index (χ0n) is 12.9. The van der Waals surface area contributed by atoms with Gasteiger partial charge in [-0.05, 0) is 24.5 Å². The van der Waals surface area contributed by atoms with Gasteiger partial charge in [-0.15, -0.1) is 0 Å². The summed E-state index contributed by atoms with van der Waals surface area (Å²) < 4.78 is 11.3. The lowest BCUT2D eigenvalue weighted by molar-refractivity contribution is -0.119. The molecule has 0 radical (unpaired) electrons. The third kappa shape index (κ3) is 2.21. The molecule has 1 aliphatic carbocycles. The van der Waals surface area contributed by atoms with Crippen molar-refractivity contribution >= 4 is 5.78 Å². The molecule has 1 atom stereocenters. The van der Waals surface area contributed by atoms with E-state index in [0.29, 0.717) is 29.9 Å². The van der Waals surface area contributed by atoms with Gasteiger partial charge >= 0.3 is 0 Å². The number of rotatable bonds is 1. The SMILES string of the molecule is Cc1ccc(C2C(C#N)=C(N)OC3=C2C(=O)CC(C)(C)C3)o1. The lowest BCUT2D eigenvalue weighted by Gasteiger charge is -2.36. The zero-order chi connectivity index (χ0) is 16.1. The Hall–Kier alpha value is -2.48. The first kappa shape index (κ1) is 14.5. The Bertz CT molecular complexity index is 759. The summed E-state index contributed by atoms with van der Waals surface area (Å²) in [5, 5.41) is 9.44. The Labute approximate surface area is 129 Å². The average molecular weight is 298 g/mol. The summed E-state index contributed by atoms with van der Waals surface area (Å²) in [4.78, 5) is 12.7. The van der Waals surface area contributed by atoms with E-state index in [-0.39, 0.29) is 22.7 Å². The number of ether oxygens (including phenoxy) is 1. The second kappa shape index (κ2) is 4.77. The van der Waals surface area contributed by atoms with Crippen LogP contribution in [-0.4, -0.2) is 5.78 Å². The van der Waals surface area contributed by atoms with Gasteiger partial charge in [-0.2, -0.15) is 5.26 Å². The van der Waals surface area contributed by atoms with Gasteiger partial charge in [0.1, 0.15) is 28.9 Å². The van der Waals surface area contributed by atoms with Gasteiger partial charge in [-0.1, -0.05) is 13.8 Å². The molecule has 3 rings (SSSR count). The van der Waals surface area contributed by atoms with E-state index in [1.165, 1.54) is 0 Å². The van der Waals surface area contributed by atoms with Crippen LogP contribution in [0.5, 0.6) is 0 Å². The molecule has 0 fully saturated rings. The van der Waals surface area contributed by atoms with E-state index in [1.807, 2.05) is 26.8 Å². The van der Waals surface area contributed by atoms with E-state index in [2.05, 4.69) is 6.07 Å². The van der Waals surface area contributed by atoms with Crippen LogP contribution in [0.1, 0.15) is 44.1 Å². The number of furan rings is 1. The van der Waals surface area contributed by atoms with Crippen LogP contribution >= 0.6 is 0 Å². The second-order valence-corrected chi connectivity index (χ2v) is 6.65. The lowest BCUT2D eigenvalue weighted by atomic mass is 9.71. The standard InChI is InChI=1S/C17H18N2O3/c1-9-4-5-12(21-9)14-10(8-18)16(19)22-13-7-17(2,3)6-11(20)15(13)14/h4-5,14H,6-7,19H2,1-3H3. The fourth-order valence-electron chi connectivity index (χ4n) is 3.18. The Morgan fingerprint density at radius 3 is 2.68 bits per heavy atom. The number of allylic oxidation sites excluding steroid dienone is 3. The van der Waals surface area contributed by atoms with Crippen molar-refractivity contribution in [1.82, 2.24) is 0 Å². The summed E-state index contributed by atoms with van der Waals surface area (Å²) >= 11 is 0. The molecule has 0 saturated carbocycles. The molecule has 5 heteroatoms. The van der Waals surface area contributed by atoms with Crippen LogP contribution in [0.3, 0.4) is 0 Å². The monoisotopic (exact) mass is 298 g/mol. The minimum atomic E-state index is -0.564. The van der Waals surface area contributed by atoms with Crippen LogP contribution in [0.25, 0.3) is 0 Å². The third-order valence-electron chi connectivity index (χ3n) is 4.12. The quantitative estimate of drug-likeness (QED) is 0.860. The highest BCUT2D eigenvalue weighted by molar-refractivity contribution is 5.99. The van der Waals surface area contributed by atoms with Crippen molar-refractivity contribution in [3.8, 4) is 6.07 Å². The Morgan fingerprint density at radius 1 is 1.36 bits per heavy atom. The number of hydrogen-bond donors (Lipinski definition) is 1. The van der Waals surface area contributed by atoms with Gasteiger partial charge < -0.3 is 14.9 Å². The molecule has 1 aliphatic heterocycles. The van der Waals surface area contributed by atoms with Crippen molar-refractivity contribution in [1.29, 1.82) is 5.26 Å². The summed E-state index contributed by atoms with van der Waals surface area (Å²) in [5.41, 5.74) is 6.49. The number of nitrogens with zero attached hydrogens (tertiary/aromatic N) is 1. The molecule has 2 heterocycles. The molecule has 0 bridgehead atoms. The Kier molecular flexibility index (Phi) is 3.13.